The minimum atomic E-state index is 0.0636. The summed E-state index contributed by atoms with van der Waals surface area (Å²) in [5, 5.41) is 3.14. The number of nitrogens with zero attached hydrogens (tertiary/aromatic N) is 1. The Morgan fingerprint density at radius 3 is 2.42 bits per heavy atom. The Morgan fingerprint density at radius 1 is 1.32 bits per heavy atom. The Kier molecular flexibility index (Phi) is 4.51. The summed E-state index contributed by atoms with van der Waals surface area (Å²) in [5.41, 5.74) is 6.22. The second-order valence-electron chi connectivity index (χ2n) is 6.96. The van der Waals surface area contributed by atoms with Gasteiger partial charge in [-0.25, -0.2) is 0 Å². The molecular weight excluding hydrogens is 238 g/mol. The van der Waals surface area contributed by atoms with E-state index in [9.17, 15) is 4.79 Å². The second kappa shape index (κ2) is 5.80. The number of hydrogen-bond donors (Lipinski definition) is 2. The predicted molar refractivity (Wildman–Crippen MR) is 77.6 cm³/mol. The zero-order valence-electron chi connectivity index (χ0n) is 12.7. The van der Waals surface area contributed by atoms with Crippen molar-refractivity contribution in [2.75, 3.05) is 20.6 Å². The topological polar surface area (TPSA) is 58.4 Å². The maximum Gasteiger partial charge on any atom is 0.225 e. The normalized spacial score (nSPS) is 35.1. The number of amides is 1. The van der Waals surface area contributed by atoms with Gasteiger partial charge in [0.2, 0.25) is 5.91 Å². The van der Waals surface area contributed by atoms with Gasteiger partial charge in [0.25, 0.3) is 0 Å². The minimum absolute atomic E-state index is 0.0636. The number of carbonyl (C=O) groups is 1. The third kappa shape index (κ3) is 2.95. The molecule has 5 unspecified atom stereocenters. The van der Waals surface area contributed by atoms with E-state index in [-0.39, 0.29) is 17.9 Å². The summed E-state index contributed by atoms with van der Waals surface area (Å²) in [5.74, 6) is 1.91. The van der Waals surface area contributed by atoms with Gasteiger partial charge >= 0.3 is 0 Å². The number of rotatable bonds is 5. The molecule has 2 saturated carbocycles. The van der Waals surface area contributed by atoms with Gasteiger partial charge in [0, 0.05) is 18.6 Å². The molecule has 0 aromatic carbocycles. The van der Waals surface area contributed by atoms with Crippen molar-refractivity contribution in [3.05, 3.63) is 0 Å². The number of nitrogens with one attached hydrogen (secondary N) is 1. The highest BCUT2D eigenvalue weighted by atomic mass is 16.2. The van der Waals surface area contributed by atoms with Gasteiger partial charge in [-0.1, -0.05) is 13.8 Å². The largest absolute Gasteiger partial charge is 0.354 e. The first-order chi connectivity index (χ1) is 8.91. The van der Waals surface area contributed by atoms with Gasteiger partial charge in [-0.2, -0.15) is 0 Å². The molecule has 2 fully saturated rings. The Balaban J connectivity index is 1.88. The quantitative estimate of drug-likeness (QED) is 0.783. The van der Waals surface area contributed by atoms with E-state index < -0.39 is 0 Å². The first kappa shape index (κ1) is 14.8. The van der Waals surface area contributed by atoms with Gasteiger partial charge in [0.05, 0.1) is 5.92 Å². The zero-order valence-corrected chi connectivity index (χ0v) is 12.7. The molecule has 2 aliphatic rings. The number of fused-ring (bicyclic) bond motifs is 2. The SMILES string of the molecule is CC(C)C(CNC(=O)C1C2CCC(C2)C1N)N(C)C. The molecule has 0 radical (unpaired) electrons. The summed E-state index contributed by atoms with van der Waals surface area (Å²) < 4.78 is 0. The van der Waals surface area contributed by atoms with E-state index in [2.05, 4.69) is 38.2 Å². The fraction of sp³-hybridized carbons (Fsp3) is 0.933. The molecule has 2 aliphatic carbocycles. The molecule has 110 valence electrons. The summed E-state index contributed by atoms with van der Waals surface area (Å²) in [7, 11) is 4.14. The molecule has 5 atom stereocenters. The van der Waals surface area contributed by atoms with Crippen molar-refractivity contribution in [2.45, 2.75) is 45.2 Å². The van der Waals surface area contributed by atoms with Crippen LogP contribution in [-0.2, 0) is 4.79 Å². The number of carbonyl (C=O) groups excluding carboxylic acids is 1. The standard InChI is InChI=1S/C15H29N3O/c1-9(2)12(18(3)4)8-17-15(19)13-10-5-6-11(7-10)14(13)16/h9-14H,5-8,16H2,1-4H3,(H,17,19). The van der Waals surface area contributed by atoms with E-state index in [0.29, 0.717) is 23.8 Å². The molecule has 0 saturated heterocycles. The van der Waals surface area contributed by atoms with Gasteiger partial charge in [-0.15, -0.1) is 0 Å². The molecule has 0 aromatic heterocycles. The maximum absolute atomic E-state index is 12.4. The first-order valence-corrected chi connectivity index (χ1v) is 7.61. The highest BCUT2D eigenvalue weighted by Crippen LogP contribution is 2.47. The van der Waals surface area contributed by atoms with Crippen molar-refractivity contribution in [3.8, 4) is 0 Å². The van der Waals surface area contributed by atoms with Crippen molar-refractivity contribution >= 4 is 5.91 Å². The van der Waals surface area contributed by atoms with Crippen LogP contribution in [0.4, 0.5) is 0 Å². The van der Waals surface area contributed by atoms with E-state index in [4.69, 9.17) is 5.73 Å². The molecule has 0 aromatic rings. The lowest BCUT2D eigenvalue weighted by molar-refractivity contribution is -0.127. The Labute approximate surface area is 117 Å². The van der Waals surface area contributed by atoms with Crippen molar-refractivity contribution in [3.63, 3.8) is 0 Å². The van der Waals surface area contributed by atoms with Crippen LogP contribution in [-0.4, -0.2) is 43.5 Å². The van der Waals surface area contributed by atoms with Crippen LogP contribution < -0.4 is 11.1 Å². The van der Waals surface area contributed by atoms with Crippen molar-refractivity contribution in [1.29, 1.82) is 0 Å². The molecular formula is C15H29N3O. The molecule has 2 bridgehead atoms. The third-order valence-electron chi connectivity index (χ3n) is 5.20. The number of nitrogens with two attached hydrogens (primary N) is 1. The van der Waals surface area contributed by atoms with Crippen LogP contribution in [0.1, 0.15) is 33.1 Å². The van der Waals surface area contributed by atoms with Crippen molar-refractivity contribution < 1.29 is 4.79 Å². The van der Waals surface area contributed by atoms with E-state index >= 15 is 0 Å². The van der Waals surface area contributed by atoms with Crippen LogP contribution in [0.2, 0.25) is 0 Å². The molecule has 0 heterocycles. The van der Waals surface area contributed by atoms with Crippen LogP contribution in [0, 0.1) is 23.7 Å². The van der Waals surface area contributed by atoms with E-state index in [1.54, 1.807) is 0 Å². The van der Waals surface area contributed by atoms with Gasteiger partial charge in [0.1, 0.15) is 0 Å². The predicted octanol–water partition coefficient (Wildman–Crippen LogP) is 1.06. The van der Waals surface area contributed by atoms with Gasteiger partial charge < -0.3 is 16.0 Å². The highest BCUT2D eigenvalue weighted by molar-refractivity contribution is 5.80. The van der Waals surface area contributed by atoms with Gasteiger partial charge in [0.15, 0.2) is 0 Å². The summed E-state index contributed by atoms with van der Waals surface area (Å²) in [6.07, 6.45) is 3.58. The van der Waals surface area contributed by atoms with E-state index in [0.717, 1.165) is 6.54 Å². The lowest BCUT2D eigenvalue weighted by Crippen LogP contribution is -2.49. The zero-order chi connectivity index (χ0) is 14.2. The summed E-state index contributed by atoms with van der Waals surface area (Å²) in [6.45, 7) is 5.12. The Bertz CT molecular complexity index is 319. The number of hydrogen-bond acceptors (Lipinski definition) is 3. The van der Waals surface area contributed by atoms with Crippen LogP contribution in [0.15, 0.2) is 0 Å². The molecule has 4 nitrogen and oxygen atoms in total. The maximum atomic E-state index is 12.4. The second-order valence-corrected chi connectivity index (χ2v) is 6.96. The fourth-order valence-electron chi connectivity index (χ4n) is 4.06. The molecule has 0 spiro atoms. The monoisotopic (exact) mass is 267 g/mol. The third-order valence-corrected chi connectivity index (χ3v) is 5.20. The van der Waals surface area contributed by atoms with Crippen molar-refractivity contribution in [1.82, 2.24) is 10.2 Å². The van der Waals surface area contributed by atoms with Crippen LogP contribution in [0.3, 0.4) is 0 Å². The van der Waals surface area contributed by atoms with Crippen LogP contribution in [0.5, 0.6) is 0 Å². The van der Waals surface area contributed by atoms with Crippen molar-refractivity contribution in [2.24, 2.45) is 29.4 Å². The lowest BCUT2D eigenvalue weighted by atomic mass is 9.84. The van der Waals surface area contributed by atoms with Crippen LogP contribution >= 0.6 is 0 Å². The molecule has 2 rings (SSSR count). The van der Waals surface area contributed by atoms with Gasteiger partial charge in [-0.3, -0.25) is 4.79 Å². The smallest absolute Gasteiger partial charge is 0.225 e. The molecule has 4 heteroatoms. The first-order valence-electron chi connectivity index (χ1n) is 7.61. The minimum Gasteiger partial charge on any atom is -0.354 e. The van der Waals surface area contributed by atoms with Crippen LogP contribution in [0.25, 0.3) is 0 Å². The molecule has 19 heavy (non-hydrogen) atoms. The lowest BCUT2D eigenvalue weighted by Gasteiger charge is -2.31. The molecule has 1 amide bonds. The van der Waals surface area contributed by atoms with E-state index in [1.165, 1.54) is 19.3 Å². The summed E-state index contributed by atoms with van der Waals surface area (Å²) in [6, 6.07) is 0.481. The average molecular weight is 267 g/mol. The summed E-state index contributed by atoms with van der Waals surface area (Å²) in [4.78, 5) is 14.6. The molecule has 0 aliphatic heterocycles. The van der Waals surface area contributed by atoms with Gasteiger partial charge in [-0.05, 0) is 51.1 Å². The average Bonchev–Trinajstić information content (AvgIpc) is 2.88. The molecule has 3 N–H and O–H groups in total. The Morgan fingerprint density at radius 2 is 1.95 bits per heavy atom. The summed E-state index contributed by atoms with van der Waals surface area (Å²) >= 11 is 0. The Hall–Kier alpha value is -0.610. The fourth-order valence-corrected chi connectivity index (χ4v) is 4.06. The highest BCUT2D eigenvalue weighted by Gasteiger charge is 2.49. The van der Waals surface area contributed by atoms with E-state index in [1.807, 2.05) is 0 Å². The number of likely N-dealkylation sites (N-methyl/N-ethyl adjacent to an activating group) is 1.